The minimum atomic E-state index is 0. The summed E-state index contributed by atoms with van der Waals surface area (Å²) in [7, 11) is 1.92. The summed E-state index contributed by atoms with van der Waals surface area (Å²) in [4.78, 5) is 4.53. The molecule has 30 heavy (non-hydrogen) atoms. The van der Waals surface area contributed by atoms with E-state index in [-0.39, 0.29) is 20.1 Å². The van der Waals surface area contributed by atoms with Gasteiger partial charge in [-0.25, -0.2) is 0 Å². The first kappa shape index (κ1) is 21.7. The number of hydrogen-bond acceptors (Lipinski definition) is 4. The van der Waals surface area contributed by atoms with E-state index < -0.39 is 0 Å². The van der Waals surface area contributed by atoms with E-state index in [0.717, 1.165) is 34.9 Å². The molecule has 0 saturated carbocycles. The standard InChI is InChI=1S/C25H21N2O2.Ir/c1-26-18-19-14-15-27-24(16-19)23-13-12-22(28-20-8-4-2-5-9-20)17-25(23)29-21-10-6-3-7-11-21;/h2-12,14-17,26H,18H2,1H3;/q-1;. The molecule has 0 saturated heterocycles. The maximum Gasteiger partial charge on any atom is 0.114 e. The van der Waals surface area contributed by atoms with Crippen molar-refractivity contribution in [3.63, 3.8) is 0 Å². The Kier molecular flexibility index (Phi) is 7.75. The molecule has 0 bridgehead atoms. The Morgan fingerprint density at radius 1 is 0.833 bits per heavy atom. The number of nitrogens with one attached hydrogen (secondary N) is 1. The topological polar surface area (TPSA) is 43.4 Å². The van der Waals surface area contributed by atoms with Gasteiger partial charge in [0.15, 0.2) is 0 Å². The van der Waals surface area contributed by atoms with Gasteiger partial charge in [-0.05, 0) is 48.6 Å². The zero-order valence-corrected chi connectivity index (χ0v) is 18.9. The molecule has 4 aromatic rings. The van der Waals surface area contributed by atoms with Gasteiger partial charge < -0.3 is 19.8 Å². The first-order valence-corrected chi connectivity index (χ1v) is 9.43. The Hall–Kier alpha value is -2.98. The van der Waals surface area contributed by atoms with Crippen molar-refractivity contribution >= 4 is 0 Å². The van der Waals surface area contributed by atoms with Crippen molar-refractivity contribution in [3.05, 3.63) is 103 Å². The number of benzene rings is 3. The summed E-state index contributed by atoms with van der Waals surface area (Å²) in [6.07, 6.45) is 1.80. The van der Waals surface area contributed by atoms with Crippen LogP contribution in [-0.2, 0) is 26.7 Å². The molecule has 1 heterocycles. The van der Waals surface area contributed by atoms with Gasteiger partial charge in [0.1, 0.15) is 11.5 Å². The third kappa shape index (κ3) is 5.55. The number of aromatic nitrogens is 1. The van der Waals surface area contributed by atoms with Crippen molar-refractivity contribution in [3.8, 4) is 34.3 Å². The molecule has 0 spiro atoms. The Morgan fingerprint density at radius 3 is 2.17 bits per heavy atom. The second kappa shape index (κ2) is 10.7. The molecule has 1 aromatic heterocycles. The maximum absolute atomic E-state index is 6.18. The maximum atomic E-state index is 6.18. The van der Waals surface area contributed by atoms with Crippen LogP contribution in [0.2, 0.25) is 0 Å². The van der Waals surface area contributed by atoms with E-state index in [1.165, 1.54) is 0 Å². The van der Waals surface area contributed by atoms with Crippen molar-refractivity contribution < 1.29 is 29.6 Å². The Bertz CT molecular complexity index is 1070. The van der Waals surface area contributed by atoms with Crippen molar-refractivity contribution in [2.24, 2.45) is 0 Å². The van der Waals surface area contributed by atoms with Crippen LogP contribution in [0.4, 0.5) is 0 Å². The first-order valence-electron chi connectivity index (χ1n) is 9.43. The van der Waals surface area contributed by atoms with Crippen molar-refractivity contribution in [1.82, 2.24) is 10.3 Å². The normalized spacial score (nSPS) is 10.2. The van der Waals surface area contributed by atoms with E-state index in [1.807, 2.05) is 92.0 Å². The molecule has 0 unspecified atom stereocenters. The van der Waals surface area contributed by atoms with Gasteiger partial charge in [-0.1, -0.05) is 54.1 Å². The summed E-state index contributed by atoms with van der Waals surface area (Å²) >= 11 is 0. The second-order valence-corrected chi connectivity index (χ2v) is 6.48. The molecule has 1 radical (unpaired) electrons. The van der Waals surface area contributed by atoms with Gasteiger partial charge in [-0.2, -0.15) is 0 Å². The summed E-state index contributed by atoms with van der Waals surface area (Å²) in [5, 5.41) is 3.16. The van der Waals surface area contributed by atoms with E-state index in [0.29, 0.717) is 11.5 Å². The Morgan fingerprint density at radius 2 is 1.50 bits per heavy atom. The van der Waals surface area contributed by atoms with E-state index >= 15 is 0 Å². The largest absolute Gasteiger partial charge is 0.502 e. The third-order valence-corrected chi connectivity index (χ3v) is 4.29. The van der Waals surface area contributed by atoms with Crippen LogP contribution in [0.15, 0.2) is 91.1 Å². The average molecular weight is 574 g/mol. The summed E-state index contributed by atoms with van der Waals surface area (Å²) in [6, 6.07) is 30.3. The monoisotopic (exact) mass is 574 g/mol. The minimum absolute atomic E-state index is 0. The van der Waals surface area contributed by atoms with Crippen LogP contribution in [0, 0.1) is 6.07 Å². The van der Waals surface area contributed by atoms with E-state index in [2.05, 4.69) is 16.4 Å². The van der Waals surface area contributed by atoms with Crippen LogP contribution >= 0.6 is 0 Å². The molecular formula is C25H21IrN2O2-. The molecule has 4 rings (SSSR count). The zero-order valence-electron chi connectivity index (χ0n) is 16.5. The fourth-order valence-electron chi connectivity index (χ4n) is 2.96. The zero-order chi connectivity index (χ0) is 19.9. The summed E-state index contributed by atoms with van der Waals surface area (Å²) < 4.78 is 12.1. The van der Waals surface area contributed by atoms with Crippen LogP contribution in [0.1, 0.15) is 5.56 Å². The molecule has 0 aliphatic carbocycles. The van der Waals surface area contributed by atoms with Gasteiger partial charge in [-0.3, -0.25) is 0 Å². The van der Waals surface area contributed by atoms with Crippen LogP contribution in [0.5, 0.6) is 23.0 Å². The molecule has 1 N–H and O–H groups in total. The number of para-hydroxylation sites is 2. The molecule has 5 heteroatoms. The van der Waals surface area contributed by atoms with Crippen molar-refractivity contribution in [1.29, 1.82) is 0 Å². The number of rotatable bonds is 7. The van der Waals surface area contributed by atoms with Crippen LogP contribution in [0.25, 0.3) is 11.3 Å². The molecular weight excluding hydrogens is 553 g/mol. The SMILES string of the molecule is CNCc1ccnc(-c2[c-]cc(Oc3ccccc3)cc2Oc2ccccc2)c1.[Ir]. The average Bonchev–Trinajstić information content (AvgIpc) is 2.76. The summed E-state index contributed by atoms with van der Waals surface area (Å²) in [6.45, 7) is 0.763. The predicted octanol–water partition coefficient (Wildman–Crippen LogP) is 5.85. The molecule has 0 aliphatic heterocycles. The number of pyridine rings is 1. The molecule has 153 valence electrons. The van der Waals surface area contributed by atoms with E-state index in [4.69, 9.17) is 9.47 Å². The Labute approximate surface area is 190 Å². The molecule has 0 amide bonds. The summed E-state index contributed by atoms with van der Waals surface area (Å²) in [5.74, 6) is 2.79. The molecule has 3 aromatic carbocycles. The molecule has 0 atom stereocenters. The number of hydrogen-bond donors (Lipinski definition) is 1. The summed E-state index contributed by atoms with van der Waals surface area (Å²) in [5.41, 5.74) is 2.73. The Balaban J connectivity index is 0.00000256. The van der Waals surface area contributed by atoms with E-state index in [9.17, 15) is 0 Å². The van der Waals surface area contributed by atoms with Gasteiger partial charge in [0.2, 0.25) is 0 Å². The van der Waals surface area contributed by atoms with Crippen LogP contribution in [-0.4, -0.2) is 12.0 Å². The van der Waals surface area contributed by atoms with Gasteiger partial charge >= 0.3 is 0 Å². The van der Waals surface area contributed by atoms with E-state index in [1.54, 1.807) is 6.20 Å². The smallest absolute Gasteiger partial charge is 0.114 e. The van der Waals surface area contributed by atoms with Gasteiger partial charge in [-0.15, -0.1) is 12.1 Å². The minimum Gasteiger partial charge on any atom is -0.502 e. The number of ether oxygens (including phenoxy) is 2. The van der Waals surface area contributed by atoms with Crippen molar-refractivity contribution in [2.75, 3.05) is 7.05 Å². The predicted molar refractivity (Wildman–Crippen MR) is 114 cm³/mol. The van der Waals surface area contributed by atoms with Crippen LogP contribution in [0.3, 0.4) is 0 Å². The van der Waals surface area contributed by atoms with Crippen LogP contribution < -0.4 is 14.8 Å². The fourth-order valence-corrected chi connectivity index (χ4v) is 2.96. The molecule has 0 fully saturated rings. The molecule has 4 nitrogen and oxygen atoms in total. The van der Waals surface area contributed by atoms with Gasteiger partial charge in [0.25, 0.3) is 0 Å². The van der Waals surface area contributed by atoms with Gasteiger partial charge in [0.05, 0.1) is 0 Å². The quantitative estimate of drug-likeness (QED) is 0.282. The fraction of sp³-hybridized carbons (Fsp3) is 0.0800. The second-order valence-electron chi connectivity index (χ2n) is 6.48. The number of nitrogens with zero attached hydrogens (tertiary/aromatic N) is 1. The third-order valence-electron chi connectivity index (χ3n) is 4.29. The van der Waals surface area contributed by atoms with Crippen molar-refractivity contribution in [2.45, 2.75) is 6.54 Å². The first-order chi connectivity index (χ1) is 14.3. The van der Waals surface area contributed by atoms with Gasteiger partial charge in [0, 0.05) is 44.3 Å². The molecule has 0 aliphatic rings.